The summed E-state index contributed by atoms with van der Waals surface area (Å²) in [6.45, 7) is 0.518. The summed E-state index contributed by atoms with van der Waals surface area (Å²) in [6, 6.07) is 9.83. The molecule has 0 radical (unpaired) electrons. The fraction of sp³-hybridized carbons (Fsp3) is 0.167. The molecular formula is C12H10N2O2. The van der Waals surface area contributed by atoms with E-state index in [1.807, 2.05) is 30.3 Å². The van der Waals surface area contributed by atoms with Crippen LogP contribution >= 0.6 is 0 Å². The number of benzene rings is 1. The van der Waals surface area contributed by atoms with Crippen LogP contribution in [0, 0.1) is 0 Å². The van der Waals surface area contributed by atoms with Crippen molar-refractivity contribution in [2.75, 3.05) is 6.61 Å². The van der Waals surface area contributed by atoms with Gasteiger partial charge in [-0.25, -0.2) is 4.98 Å². The summed E-state index contributed by atoms with van der Waals surface area (Å²) in [5.74, 6) is 0.444. The second-order valence-corrected chi connectivity index (χ2v) is 3.71. The molecule has 0 saturated carbocycles. The molecule has 1 aromatic heterocycles. The summed E-state index contributed by atoms with van der Waals surface area (Å²) in [7, 11) is 0. The van der Waals surface area contributed by atoms with Gasteiger partial charge in [-0.15, -0.1) is 0 Å². The maximum absolute atomic E-state index is 11.2. The SMILES string of the molecule is O=C1COc2nc3ccccc3cc2CN1. The van der Waals surface area contributed by atoms with Gasteiger partial charge in [-0.1, -0.05) is 18.2 Å². The lowest BCUT2D eigenvalue weighted by Crippen LogP contribution is -2.25. The van der Waals surface area contributed by atoms with E-state index in [9.17, 15) is 4.79 Å². The van der Waals surface area contributed by atoms with Crippen LogP contribution in [-0.2, 0) is 11.3 Å². The molecule has 4 heteroatoms. The first-order chi connectivity index (χ1) is 7.83. The highest BCUT2D eigenvalue weighted by Crippen LogP contribution is 2.23. The second-order valence-electron chi connectivity index (χ2n) is 3.71. The predicted molar refractivity (Wildman–Crippen MR) is 59.1 cm³/mol. The minimum absolute atomic E-state index is 0.0400. The van der Waals surface area contributed by atoms with E-state index in [-0.39, 0.29) is 12.5 Å². The second kappa shape index (κ2) is 3.48. The molecule has 1 aromatic carbocycles. The van der Waals surface area contributed by atoms with Gasteiger partial charge in [0.2, 0.25) is 5.88 Å². The lowest BCUT2D eigenvalue weighted by molar-refractivity contribution is -0.122. The number of nitrogens with zero attached hydrogens (tertiary/aromatic N) is 1. The Morgan fingerprint density at radius 3 is 3.12 bits per heavy atom. The fourth-order valence-electron chi connectivity index (χ4n) is 1.77. The molecule has 1 aliphatic heterocycles. The molecule has 0 saturated heterocycles. The number of para-hydroxylation sites is 1. The summed E-state index contributed by atoms with van der Waals surface area (Å²) < 4.78 is 5.35. The Labute approximate surface area is 92.2 Å². The van der Waals surface area contributed by atoms with Gasteiger partial charge in [0.05, 0.1) is 5.52 Å². The first kappa shape index (κ1) is 9.15. The van der Waals surface area contributed by atoms with Gasteiger partial charge >= 0.3 is 0 Å². The number of aromatic nitrogens is 1. The molecule has 2 aromatic rings. The van der Waals surface area contributed by atoms with Crippen molar-refractivity contribution in [2.45, 2.75) is 6.54 Å². The molecule has 0 spiro atoms. The number of hydrogen-bond donors (Lipinski definition) is 1. The number of ether oxygens (including phenoxy) is 1. The number of fused-ring (bicyclic) bond motifs is 2. The molecule has 1 N–H and O–H groups in total. The van der Waals surface area contributed by atoms with E-state index < -0.39 is 0 Å². The maximum atomic E-state index is 11.2. The lowest BCUT2D eigenvalue weighted by Gasteiger charge is -2.06. The van der Waals surface area contributed by atoms with Crippen molar-refractivity contribution >= 4 is 16.8 Å². The quantitative estimate of drug-likeness (QED) is 0.718. The van der Waals surface area contributed by atoms with Crippen molar-refractivity contribution in [3.8, 4) is 5.88 Å². The van der Waals surface area contributed by atoms with Crippen molar-refractivity contribution < 1.29 is 9.53 Å². The standard InChI is InChI=1S/C12H10N2O2/c15-11-7-16-12-9(6-13-11)5-8-3-1-2-4-10(8)14-12/h1-5H,6-7H2,(H,13,15). The third kappa shape index (κ3) is 1.48. The summed E-state index contributed by atoms with van der Waals surface area (Å²) in [5.41, 5.74) is 1.81. The van der Waals surface area contributed by atoms with Crippen LogP contribution in [-0.4, -0.2) is 17.5 Å². The Kier molecular flexibility index (Phi) is 1.99. The number of rotatable bonds is 0. The molecule has 0 atom stereocenters. The third-order valence-corrected chi connectivity index (χ3v) is 2.58. The summed E-state index contributed by atoms with van der Waals surface area (Å²) >= 11 is 0. The van der Waals surface area contributed by atoms with E-state index >= 15 is 0 Å². The molecule has 0 aliphatic carbocycles. The van der Waals surface area contributed by atoms with Gasteiger partial charge in [0.25, 0.3) is 5.91 Å². The number of hydrogen-bond acceptors (Lipinski definition) is 3. The van der Waals surface area contributed by atoms with Gasteiger partial charge in [-0.3, -0.25) is 4.79 Å². The molecule has 16 heavy (non-hydrogen) atoms. The van der Waals surface area contributed by atoms with Crippen LogP contribution in [0.4, 0.5) is 0 Å². The molecule has 1 aliphatic rings. The van der Waals surface area contributed by atoms with Crippen molar-refractivity contribution in [3.63, 3.8) is 0 Å². The first-order valence-electron chi connectivity index (χ1n) is 5.11. The Balaban J connectivity index is 2.16. The van der Waals surface area contributed by atoms with Crippen LogP contribution in [0.25, 0.3) is 10.9 Å². The Morgan fingerprint density at radius 2 is 2.19 bits per heavy atom. The number of nitrogens with one attached hydrogen (secondary N) is 1. The molecule has 3 rings (SSSR count). The zero-order chi connectivity index (χ0) is 11.0. The predicted octanol–water partition coefficient (Wildman–Crippen LogP) is 1.24. The van der Waals surface area contributed by atoms with E-state index in [1.54, 1.807) is 0 Å². The molecule has 0 fully saturated rings. The minimum atomic E-state index is -0.109. The maximum Gasteiger partial charge on any atom is 0.258 e. The van der Waals surface area contributed by atoms with E-state index in [0.29, 0.717) is 12.4 Å². The van der Waals surface area contributed by atoms with Crippen LogP contribution < -0.4 is 10.1 Å². The highest BCUT2D eigenvalue weighted by atomic mass is 16.5. The highest BCUT2D eigenvalue weighted by molar-refractivity contribution is 5.82. The highest BCUT2D eigenvalue weighted by Gasteiger charge is 2.14. The number of pyridine rings is 1. The van der Waals surface area contributed by atoms with Gasteiger partial charge in [0.1, 0.15) is 0 Å². The molecule has 0 unspecified atom stereocenters. The normalized spacial score (nSPS) is 14.9. The number of carbonyl (C=O) groups excluding carboxylic acids is 1. The van der Waals surface area contributed by atoms with Crippen molar-refractivity contribution in [3.05, 3.63) is 35.9 Å². The van der Waals surface area contributed by atoms with Gasteiger partial charge in [0.15, 0.2) is 6.61 Å². The smallest absolute Gasteiger partial charge is 0.258 e. The minimum Gasteiger partial charge on any atom is -0.467 e. The average Bonchev–Trinajstić information content (AvgIpc) is 2.49. The van der Waals surface area contributed by atoms with Gasteiger partial charge < -0.3 is 10.1 Å². The molecule has 2 heterocycles. The van der Waals surface area contributed by atoms with E-state index in [0.717, 1.165) is 16.5 Å². The van der Waals surface area contributed by atoms with Crippen LogP contribution in [0.2, 0.25) is 0 Å². The third-order valence-electron chi connectivity index (χ3n) is 2.58. The van der Waals surface area contributed by atoms with Crippen LogP contribution in [0.3, 0.4) is 0 Å². The monoisotopic (exact) mass is 214 g/mol. The van der Waals surface area contributed by atoms with Crippen molar-refractivity contribution in [1.29, 1.82) is 0 Å². The molecule has 1 amide bonds. The molecular weight excluding hydrogens is 204 g/mol. The zero-order valence-electron chi connectivity index (χ0n) is 8.56. The Morgan fingerprint density at radius 1 is 1.31 bits per heavy atom. The summed E-state index contributed by atoms with van der Waals surface area (Å²) in [4.78, 5) is 15.6. The van der Waals surface area contributed by atoms with Crippen LogP contribution in [0.5, 0.6) is 5.88 Å². The molecule has 4 nitrogen and oxygen atoms in total. The Hall–Kier alpha value is -2.10. The zero-order valence-corrected chi connectivity index (χ0v) is 8.56. The number of amides is 1. The van der Waals surface area contributed by atoms with E-state index in [4.69, 9.17) is 4.74 Å². The average molecular weight is 214 g/mol. The van der Waals surface area contributed by atoms with Crippen LogP contribution in [0.1, 0.15) is 5.56 Å². The number of carbonyl (C=O) groups is 1. The topological polar surface area (TPSA) is 51.2 Å². The van der Waals surface area contributed by atoms with Gasteiger partial charge in [0, 0.05) is 17.5 Å². The van der Waals surface area contributed by atoms with Crippen molar-refractivity contribution in [2.24, 2.45) is 0 Å². The fourth-order valence-corrected chi connectivity index (χ4v) is 1.77. The van der Waals surface area contributed by atoms with E-state index in [2.05, 4.69) is 10.3 Å². The van der Waals surface area contributed by atoms with Crippen molar-refractivity contribution in [1.82, 2.24) is 10.3 Å². The Bertz CT molecular complexity index is 517. The summed E-state index contributed by atoms with van der Waals surface area (Å²) in [5, 5.41) is 3.82. The molecule has 80 valence electrons. The molecule has 0 bridgehead atoms. The first-order valence-corrected chi connectivity index (χ1v) is 5.11. The van der Waals surface area contributed by atoms with E-state index in [1.165, 1.54) is 0 Å². The van der Waals surface area contributed by atoms with Crippen LogP contribution in [0.15, 0.2) is 30.3 Å². The van der Waals surface area contributed by atoms with Gasteiger partial charge in [-0.05, 0) is 12.1 Å². The van der Waals surface area contributed by atoms with Gasteiger partial charge in [-0.2, -0.15) is 0 Å². The summed E-state index contributed by atoms with van der Waals surface area (Å²) in [6.07, 6.45) is 0. The lowest BCUT2D eigenvalue weighted by atomic mass is 10.1. The largest absolute Gasteiger partial charge is 0.467 e.